The fourth-order valence-electron chi connectivity index (χ4n) is 4.78. The van der Waals surface area contributed by atoms with Crippen molar-refractivity contribution in [3.05, 3.63) is 30.1 Å². The number of fused-ring (bicyclic) bond motifs is 3. The van der Waals surface area contributed by atoms with Crippen LogP contribution in [0.25, 0.3) is 0 Å². The summed E-state index contributed by atoms with van der Waals surface area (Å²) in [7, 11) is 0. The smallest absolute Gasteiger partial charge is 0.241 e. The maximum atomic E-state index is 12.8. The number of carbonyl (C=O) groups is 2. The molecule has 1 aromatic rings. The molecule has 3 heterocycles. The Labute approximate surface area is 154 Å². The summed E-state index contributed by atoms with van der Waals surface area (Å²) in [5, 5.41) is 5.23. The molecule has 2 aliphatic heterocycles. The summed E-state index contributed by atoms with van der Waals surface area (Å²) in [6.45, 7) is 4.13. The van der Waals surface area contributed by atoms with E-state index in [9.17, 15) is 9.59 Å². The number of piperazine rings is 1. The monoisotopic (exact) mass is 357 g/mol. The molecule has 3 aliphatic rings. The molecular weight excluding hydrogens is 330 g/mol. The number of hydrogen-bond donors (Lipinski definition) is 2. The summed E-state index contributed by atoms with van der Waals surface area (Å²) >= 11 is 0. The van der Waals surface area contributed by atoms with Crippen molar-refractivity contribution in [1.82, 2.24) is 25.6 Å². The number of aromatic nitrogens is 1. The van der Waals surface area contributed by atoms with Gasteiger partial charge in [0.05, 0.1) is 0 Å². The summed E-state index contributed by atoms with van der Waals surface area (Å²) in [5.41, 5.74) is 4.40. The van der Waals surface area contributed by atoms with Crippen molar-refractivity contribution in [2.45, 2.75) is 57.3 Å². The molecule has 4 unspecified atom stereocenters. The van der Waals surface area contributed by atoms with Crippen molar-refractivity contribution in [2.24, 2.45) is 5.92 Å². The highest BCUT2D eigenvalue weighted by atomic mass is 16.2. The van der Waals surface area contributed by atoms with Crippen LogP contribution < -0.4 is 10.7 Å². The summed E-state index contributed by atoms with van der Waals surface area (Å²) in [5.74, 6) is 0.274. The van der Waals surface area contributed by atoms with Gasteiger partial charge < -0.3 is 10.2 Å². The maximum Gasteiger partial charge on any atom is 0.241 e. The molecular formula is C19H27N5O2. The highest BCUT2D eigenvalue weighted by Crippen LogP contribution is 2.37. The molecule has 4 rings (SSSR count). The van der Waals surface area contributed by atoms with Crippen LogP contribution in [-0.4, -0.2) is 57.9 Å². The minimum Gasteiger partial charge on any atom is -0.352 e. The average Bonchev–Trinajstić information content (AvgIpc) is 3.17. The maximum absolute atomic E-state index is 12.8. The Kier molecular flexibility index (Phi) is 4.91. The summed E-state index contributed by atoms with van der Waals surface area (Å²) in [4.78, 5) is 31.6. The van der Waals surface area contributed by atoms with E-state index in [1.165, 1.54) is 0 Å². The van der Waals surface area contributed by atoms with E-state index in [2.05, 4.69) is 20.7 Å². The van der Waals surface area contributed by atoms with Crippen LogP contribution in [0.3, 0.4) is 0 Å². The zero-order valence-corrected chi connectivity index (χ0v) is 15.2. The van der Waals surface area contributed by atoms with Gasteiger partial charge in [-0.2, -0.15) is 0 Å². The molecule has 1 aromatic heterocycles. The zero-order chi connectivity index (χ0) is 18.1. The Balaban J connectivity index is 1.42. The Bertz CT molecular complexity index is 667. The van der Waals surface area contributed by atoms with Gasteiger partial charge in [-0.3, -0.25) is 20.0 Å². The summed E-state index contributed by atoms with van der Waals surface area (Å²) < 4.78 is 0. The molecule has 2 N–H and O–H groups in total. The molecule has 3 fully saturated rings. The molecule has 26 heavy (non-hydrogen) atoms. The summed E-state index contributed by atoms with van der Waals surface area (Å²) in [6, 6.07) is 4.26. The number of amides is 2. The van der Waals surface area contributed by atoms with Gasteiger partial charge >= 0.3 is 0 Å². The van der Waals surface area contributed by atoms with E-state index >= 15 is 0 Å². The van der Waals surface area contributed by atoms with Crippen molar-refractivity contribution >= 4 is 11.8 Å². The van der Waals surface area contributed by atoms with E-state index in [0.29, 0.717) is 19.1 Å². The predicted octanol–water partition coefficient (Wildman–Crippen LogP) is 0.676. The number of nitrogens with one attached hydrogen (secondary N) is 2. The van der Waals surface area contributed by atoms with Crippen LogP contribution in [0.5, 0.6) is 0 Å². The van der Waals surface area contributed by atoms with Crippen LogP contribution in [0.15, 0.2) is 24.5 Å². The van der Waals surface area contributed by atoms with Gasteiger partial charge in [0.15, 0.2) is 0 Å². The highest BCUT2D eigenvalue weighted by molar-refractivity contribution is 5.84. The Morgan fingerprint density at radius 1 is 1.35 bits per heavy atom. The van der Waals surface area contributed by atoms with E-state index in [-0.39, 0.29) is 29.8 Å². The average molecular weight is 357 g/mol. The molecule has 4 atom stereocenters. The lowest BCUT2D eigenvalue weighted by atomic mass is 9.78. The minimum atomic E-state index is -0.0334. The Morgan fingerprint density at radius 3 is 3.00 bits per heavy atom. The van der Waals surface area contributed by atoms with Gasteiger partial charge in [0.25, 0.3) is 0 Å². The van der Waals surface area contributed by atoms with Crippen LogP contribution in [0.4, 0.5) is 0 Å². The lowest BCUT2D eigenvalue weighted by molar-refractivity contribution is -0.155. The summed E-state index contributed by atoms with van der Waals surface area (Å²) in [6.07, 6.45) is 6.95. The molecule has 2 saturated heterocycles. The molecule has 0 bridgehead atoms. The van der Waals surface area contributed by atoms with Gasteiger partial charge in [0.2, 0.25) is 11.8 Å². The largest absolute Gasteiger partial charge is 0.352 e. The molecule has 2 amide bonds. The molecule has 0 aromatic carbocycles. The third-order valence-corrected chi connectivity index (χ3v) is 6.06. The SMILES string of the molecule is CCN1C(=O)C2CCNN2C2CCC(C(=O)NCc3cccnc3)CC21. The number of hydrogen-bond acceptors (Lipinski definition) is 5. The van der Waals surface area contributed by atoms with Gasteiger partial charge in [0, 0.05) is 50.0 Å². The first kappa shape index (κ1) is 17.4. The molecule has 7 heteroatoms. The lowest BCUT2D eigenvalue weighted by Crippen LogP contribution is -2.68. The van der Waals surface area contributed by atoms with Gasteiger partial charge in [-0.1, -0.05) is 6.07 Å². The molecule has 140 valence electrons. The second kappa shape index (κ2) is 7.32. The normalized spacial score (nSPS) is 31.4. The first-order chi connectivity index (χ1) is 12.7. The first-order valence-electron chi connectivity index (χ1n) is 9.68. The zero-order valence-electron chi connectivity index (χ0n) is 15.2. The molecule has 1 saturated carbocycles. The van der Waals surface area contributed by atoms with Crippen molar-refractivity contribution in [2.75, 3.05) is 13.1 Å². The number of pyridine rings is 1. The lowest BCUT2D eigenvalue weighted by Gasteiger charge is -2.51. The second-order valence-electron chi connectivity index (χ2n) is 7.47. The standard InChI is InChI=1S/C19H27N5O2/c1-2-23-17-10-14(18(25)21-12-13-4-3-8-20-11-13)5-6-15(17)24-16(19(23)26)7-9-22-24/h3-4,8,11,14-17,22H,2,5-7,9-10,12H2,1H3,(H,21,25). The van der Waals surface area contributed by atoms with Crippen molar-refractivity contribution in [1.29, 1.82) is 0 Å². The van der Waals surface area contributed by atoms with Gasteiger partial charge in [0.1, 0.15) is 6.04 Å². The number of carbonyl (C=O) groups excluding carboxylic acids is 2. The topological polar surface area (TPSA) is 77.6 Å². The van der Waals surface area contributed by atoms with Crippen molar-refractivity contribution < 1.29 is 9.59 Å². The van der Waals surface area contributed by atoms with Gasteiger partial charge in [-0.05, 0) is 44.2 Å². The number of nitrogens with zero attached hydrogens (tertiary/aromatic N) is 3. The number of hydrazine groups is 1. The van der Waals surface area contributed by atoms with E-state index in [1.807, 2.05) is 24.0 Å². The van der Waals surface area contributed by atoms with Crippen LogP contribution in [0.1, 0.15) is 38.2 Å². The van der Waals surface area contributed by atoms with E-state index in [1.54, 1.807) is 12.4 Å². The molecule has 0 spiro atoms. The first-order valence-corrected chi connectivity index (χ1v) is 9.68. The predicted molar refractivity (Wildman–Crippen MR) is 96.6 cm³/mol. The van der Waals surface area contributed by atoms with Crippen LogP contribution >= 0.6 is 0 Å². The van der Waals surface area contributed by atoms with Crippen LogP contribution in [-0.2, 0) is 16.1 Å². The fourth-order valence-corrected chi connectivity index (χ4v) is 4.78. The molecule has 1 aliphatic carbocycles. The van der Waals surface area contributed by atoms with Gasteiger partial charge in [-0.15, -0.1) is 0 Å². The van der Waals surface area contributed by atoms with E-state index in [4.69, 9.17) is 0 Å². The van der Waals surface area contributed by atoms with Gasteiger partial charge in [-0.25, -0.2) is 5.01 Å². The van der Waals surface area contributed by atoms with E-state index < -0.39 is 0 Å². The Morgan fingerprint density at radius 2 is 2.23 bits per heavy atom. The fraction of sp³-hybridized carbons (Fsp3) is 0.632. The minimum absolute atomic E-state index is 0.0212. The second-order valence-corrected chi connectivity index (χ2v) is 7.47. The van der Waals surface area contributed by atoms with Crippen LogP contribution in [0.2, 0.25) is 0 Å². The van der Waals surface area contributed by atoms with Crippen molar-refractivity contribution in [3.63, 3.8) is 0 Å². The van der Waals surface area contributed by atoms with Crippen molar-refractivity contribution in [3.8, 4) is 0 Å². The Hall–Kier alpha value is -1.99. The number of likely N-dealkylation sites (N-methyl/N-ethyl adjacent to an activating group) is 1. The third kappa shape index (κ3) is 3.10. The van der Waals surface area contributed by atoms with E-state index in [0.717, 1.165) is 37.8 Å². The molecule has 7 nitrogen and oxygen atoms in total. The number of rotatable bonds is 4. The quantitative estimate of drug-likeness (QED) is 0.828. The molecule has 0 radical (unpaired) electrons. The third-order valence-electron chi connectivity index (χ3n) is 6.06. The van der Waals surface area contributed by atoms with Crippen LogP contribution in [0, 0.1) is 5.92 Å². The highest BCUT2D eigenvalue weighted by Gasteiger charge is 2.50.